The summed E-state index contributed by atoms with van der Waals surface area (Å²) in [6.07, 6.45) is -1.31. The number of benzene rings is 3. The van der Waals surface area contributed by atoms with Gasteiger partial charge in [-0.15, -0.1) is 0 Å². The molecule has 6 rings (SSSR count). The van der Waals surface area contributed by atoms with Gasteiger partial charge in [0.25, 0.3) is 5.56 Å². The molecular formula is C33H22F3N3O3. The average molecular weight is 566 g/mol. The average Bonchev–Trinajstić information content (AvgIpc) is 3.00. The quantitative estimate of drug-likeness (QED) is 0.162. The Bertz CT molecular complexity index is 1990. The van der Waals surface area contributed by atoms with Crippen LogP contribution in [-0.4, -0.2) is 20.5 Å². The van der Waals surface area contributed by atoms with Crippen LogP contribution in [0.5, 0.6) is 0 Å². The van der Waals surface area contributed by atoms with E-state index in [2.05, 4.69) is 9.97 Å². The topological polar surface area (TPSA) is 74.1 Å². The fraction of sp³-hybridized carbons (Fsp3) is 0.0909. The van der Waals surface area contributed by atoms with Gasteiger partial charge < -0.3 is 4.74 Å². The normalized spacial score (nSPS) is 11.6. The first-order valence-electron chi connectivity index (χ1n) is 13.0. The highest BCUT2D eigenvalue weighted by Crippen LogP contribution is 2.32. The number of aromatic nitrogens is 3. The predicted octanol–water partition coefficient (Wildman–Crippen LogP) is 6.91. The van der Waals surface area contributed by atoms with Crippen molar-refractivity contribution in [2.24, 2.45) is 0 Å². The summed E-state index contributed by atoms with van der Waals surface area (Å²) in [5.41, 5.74) is 2.75. The second-order valence-corrected chi connectivity index (χ2v) is 9.71. The molecule has 0 fully saturated rings. The summed E-state index contributed by atoms with van der Waals surface area (Å²) in [7, 11) is 0. The van der Waals surface area contributed by atoms with Crippen LogP contribution in [0.3, 0.4) is 0 Å². The molecule has 6 aromatic rings. The van der Waals surface area contributed by atoms with E-state index < -0.39 is 23.3 Å². The van der Waals surface area contributed by atoms with Gasteiger partial charge in [-0.05, 0) is 53.6 Å². The number of hydrogen-bond donors (Lipinski definition) is 0. The third kappa shape index (κ3) is 5.49. The Morgan fingerprint density at radius 2 is 1.62 bits per heavy atom. The van der Waals surface area contributed by atoms with E-state index in [1.807, 2.05) is 48.5 Å². The summed E-state index contributed by atoms with van der Waals surface area (Å²) in [6, 6.07) is 26.0. The van der Waals surface area contributed by atoms with Gasteiger partial charge in [-0.25, -0.2) is 0 Å². The standard InChI is InChI=1S/C33H22F3N3O3/c34-33(35,36)25-7-4-8-27(16-25)39-30(40)14-11-24-19-38-29-13-10-22(15-28(29)32(24)39)23-9-12-26(37-18-23)17-31(41)42-20-21-5-2-1-3-6-21/h1-16,18-19H,17,20H2. The number of carbonyl (C=O) groups excluding carboxylic acids is 1. The molecule has 0 saturated heterocycles. The van der Waals surface area contributed by atoms with Crippen LogP contribution in [0.4, 0.5) is 13.2 Å². The molecule has 0 radical (unpaired) electrons. The predicted molar refractivity (Wildman–Crippen MR) is 153 cm³/mol. The Balaban J connectivity index is 1.34. The summed E-state index contributed by atoms with van der Waals surface area (Å²) in [5.74, 6) is -0.394. The lowest BCUT2D eigenvalue weighted by Crippen LogP contribution is -2.18. The van der Waals surface area contributed by atoms with Crippen LogP contribution in [0.25, 0.3) is 38.6 Å². The van der Waals surface area contributed by atoms with Gasteiger partial charge in [-0.2, -0.15) is 13.2 Å². The number of pyridine rings is 3. The molecular weight excluding hydrogens is 543 g/mol. The summed E-state index contributed by atoms with van der Waals surface area (Å²) < 4.78 is 47.0. The maximum atomic E-state index is 13.5. The number of rotatable bonds is 6. The zero-order valence-corrected chi connectivity index (χ0v) is 22.0. The number of halogens is 3. The van der Waals surface area contributed by atoms with E-state index in [9.17, 15) is 22.8 Å². The van der Waals surface area contributed by atoms with E-state index in [1.54, 1.807) is 30.6 Å². The lowest BCUT2D eigenvalue weighted by Gasteiger charge is -2.15. The molecule has 0 aliphatic rings. The Morgan fingerprint density at radius 3 is 2.38 bits per heavy atom. The second kappa shape index (κ2) is 10.9. The third-order valence-corrected chi connectivity index (χ3v) is 6.88. The van der Waals surface area contributed by atoms with Crippen LogP contribution in [-0.2, 0) is 28.7 Å². The SMILES string of the molecule is O=C(Cc1ccc(-c2ccc3ncc4ccc(=O)n(-c5cccc(C(F)(F)F)c5)c4c3c2)cn1)OCc1ccccc1. The molecule has 3 aromatic heterocycles. The smallest absolute Gasteiger partial charge is 0.416 e. The van der Waals surface area contributed by atoms with Crippen molar-refractivity contribution < 1.29 is 22.7 Å². The first kappa shape index (κ1) is 26.9. The van der Waals surface area contributed by atoms with Gasteiger partial charge in [0.15, 0.2) is 0 Å². The molecule has 0 aliphatic carbocycles. The fourth-order valence-corrected chi connectivity index (χ4v) is 4.81. The molecule has 0 aliphatic heterocycles. The zero-order valence-electron chi connectivity index (χ0n) is 22.0. The van der Waals surface area contributed by atoms with E-state index in [4.69, 9.17) is 4.74 Å². The number of ether oxygens (including phenoxy) is 1. The molecule has 9 heteroatoms. The highest BCUT2D eigenvalue weighted by molar-refractivity contribution is 6.05. The van der Waals surface area contributed by atoms with Gasteiger partial charge in [0.1, 0.15) is 6.61 Å². The second-order valence-electron chi connectivity index (χ2n) is 9.71. The van der Waals surface area contributed by atoms with Gasteiger partial charge in [0.05, 0.1) is 28.7 Å². The van der Waals surface area contributed by atoms with Crippen molar-refractivity contribution in [3.8, 4) is 16.8 Å². The summed E-state index contributed by atoms with van der Waals surface area (Å²) in [4.78, 5) is 34.3. The van der Waals surface area contributed by atoms with Crippen molar-refractivity contribution in [3.63, 3.8) is 0 Å². The zero-order chi connectivity index (χ0) is 29.3. The highest BCUT2D eigenvalue weighted by atomic mass is 19.4. The molecule has 0 atom stereocenters. The number of hydrogen-bond acceptors (Lipinski definition) is 5. The van der Waals surface area contributed by atoms with Crippen LogP contribution < -0.4 is 5.56 Å². The number of fused-ring (bicyclic) bond motifs is 3. The number of esters is 1. The van der Waals surface area contributed by atoms with Crippen molar-refractivity contribution in [1.82, 2.24) is 14.5 Å². The number of alkyl halides is 3. The van der Waals surface area contributed by atoms with Crippen LogP contribution in [0.2, 0.25) is 0 Å². The number of carbonyl (C=O) groups is 1. The Labute approximate surface area is 237 Å². The summed E-state index contributed by atoms with van der Waals surface area (Å²) in [5, 5.41) is 1.19. The first-order valence-corrected chi connectivity index (χ1v) is 13.0. The maximum Gasteiger partial charge on any atom is 0.416 e. The maximum absolute atomic E-state index is 13.5. The van der Waals surface area contributed by atoms with E-state index in [0.29, 0.717) is 27.5 Å². The highest BCUT2D eigenvalue weighted by Gasteiger charge is 2.30. The molecule has 42 heavy (non-hydrogen) atoms. The summed E-state index contributed by atoms with van der Waals surface area (Å²) in [6.45, 7) is 0.183. The van der Waals surface area contributed by atoms with Crippen LogP contribution in [0, 0.1) is 0 Å². The Kier molecular flexibility index (Phi) is 7.00. The van der Waals surface area contributed by atoms with E-state index >= 15 is 0 Å². The Hall–Kier alpha value is -5.31. The van der Waals surface area contributed by atoms with Crippen molar-refractivity contribution in [3.05, 3.63) is 137 Å². The van der Waals surface area contributed by atoms with Crippen molar-refractivity contribution in [2.75, 3.05) is 0 Å². The third-order valence-electron chi connectivity index (χ3n) is 6.88. The Morgan fingerprint density at radius 1 is 0.810 bits per heavy atom. The minimum Gasteiger partial charge on any atom is -0.461 e. The van der Waals surface area contributed by atoms with Gasteiger partial charge in [-0.3, -0.25) is 24.1 Å². The fourth-order valence-electron chi connectivity index (χ4n) is 4.81. The van der Waals surface area contributed by atoms with Gasteiger partial charge >= 0.3 is 12.1 Å². The van der Waals surface area contributed by atoms with Crippen LogP contribution >= 0.6 is 0 Å². The monoisotopic (exact) mass is 565 g/mol. The lowest BCUT2D eigenvalue weighted by atomic mass is 10.0. The van der Waals surface area contributed by atoms with Gasteiger partial charge in [-0.1, -0.05) is 48.5 Å². The molecule has 0 saturated carbocycles. The molecule has 6 nitrogen and oxygen atoms in total. The van der Waals surface area contributed by atoms with Crippen LogP contribution in [0.1, 0.15) is 16.8 Å². The molecule has 3 aromatic carbocycles. The van der Waals surface area contributed by atoms with Gasteiger partial charge in [0, 0.05) is 40.5 Å². The van der Waals surface area contributed by atoms with Crippen LogP contribution in [0.15, 0.2) is 114 Å². The van der Waals surface area contributed by atoms with E-state index in [0.717, 1.165) is 28.8 Å². The molecule has 3 heterocycles. The molecule has 208 valence electrons. The minimum absolute atomic E-state index is 0.0165. The molecule has 0 N–H and O–H groups in total. The van der Waals surface area contributed by atoms with Crippen molar-refractivity contribution in [1.29, 1.82) is 0 Å². The minimum atomic E-state index is -4.56. The molecule has 0 bridgehead atoms. The van der Waals surface area contributed by atoms with Crippen molar-refractivity contribution in [2.45, 2.75) is 19.2 Å². The summed E-state index contributed by atoms with van der Waals surface area (Å²) >= 11 is 0. The van der Waals surface area contributed by atoms with Crippen molar-refractivity contribution >= 4 is 27.8 Å². The molecule has 0 spiro atoms. The van der Waals surface area contributed by atoms with E-state index in [-0.39, 0.29) is 18.7 Å². The first-order chi connectivity index (χ1) is 20.3. The number of nitrogens with zero attached hydrogens (tertiary/aromatic N) is 3. The van der Waals surface area contributed by atoms with Gasteiger partial charge in [0.2, 0.25) is 0 Å². The molecule has 0 amide bonds. The van der Waals surface area contributed by atoms with E-state index in [1.165, 1.54) is 22.8 Å². The lowest BCUT2D eigenvalue weighted by molar-refractivity contribution is -0.144. The molecule has 0 unspecified atom stereocenters. The largest absolute Gasteiger partial charge is 0.461 e.